The summed E-state index contributed by atoms with van der Waals surface area (Å²) in [5, 5.41) is 0. The van der Waals surface area contributed by atoms with Crippen molar-refractivity contribution in [3.63, 3.8) is 0 Å². The molecule has 0 aliphatic heterocycles. The third-order valence-electron chi connectivity index (χ3n) is 3.15. The van der Waals surface area contributed by atoms with Crippen molar-refractivity contribution in [2.45, 2.75) is 38.5 Å². The summed E-state index contributed by atoms with van der Waals surface area (Å²) < 4.78 is 5.37. The van der Waals surface area contributed by atoms with Gasteiger partial charge >= 0.3 is 7.40 Å². The van der Waals surface area contributed by atoms with Crippen molar-refractivity contribution in [1.82, 2.24) is 0 Å². The highest BCUT2D eigenvalue weighted by atomic mass is 16.5. The van der Waals surface area contributed by atoms with Gasteiger partial charge in [0.25, 0.3) is 0 Å². The highest BCUT2D eigenvalue weighted by Gasteiger charge is 2.21. The lowest BCUT2D eigenvalue weighted by Gasteiger charge is -2.12. The average Bonchev–Trinajstić information content (AvgIpc) is 2.59. The van der Waals surface area contributed by atoms with Crippen LogP contribution in [0, 0.1) is 5.92 Å². The van der Waals surface area contributed by atoms with E-state index in [0.29, 0.717) is 5.75 Å². The molecule has 0 N–H and O–H groups in total. The van der Waals surface area contributed by atoms with Crippen LogP contribution in [-0.4, -0.2) is 5.97 Å². The van der Waals surface area contributed by atoms with Crippen LogP contribution in [0.3, 0.4) is 0 Å². The van der Waals surface area contributed by atoms with Gasteiger partial charge in [-0.2, -0.15) is 0 Å². The number of hydrogen-bond acceptors (Lipinski definition) is 2. The Morgan fingerprint density at radius 3 is 2.31 bits per heavy atom. The Balaban J connectivity index is 0.00000144. The summed E-state index contributed by atoms with van der Waals surface area (Å²) >= 11 is 0. The SMILES string of the molecule is O=C(Oc1ccccc1)C1CCCCCC1.[H+]. The van der Waals surface area contributed by atoms with E-state index >= 15 is 0 Å². The van der Waals surface area contributed by atoms with Crippen LogP contribution in [0.2, 0.25) is 0 Å². The van der Waals surface area contributed by atoms with E-state index in [-0.39, 0.29) is 13.3 Å². The molecule has 1 aliphatic rings. The van der Waals surface area contributed by atoms with Gasteiger partial charge in [0.1, 0.15) is 5.75 Å². The number of carbonyl (C=O) groups is 1. The standard InChI is InChI=1S/C14H18O2/c15-14(12-8-4-1-2-5-9-12)16-13-10-6-3-7-11-13/h3,6-7,10-12H,1-2,4-5,8-9H2/p+1. The molecule has 2 rings (SSSR count). The molecule has 0 heterocycles. The highest BCUT2D eigenvalue weighted by molar-refractivity contribution is 5.75. The third-order valence-corrected chi connectivity index (χ3v) is 3.15. The summed E-state index contributed by atoms with van der Waals surface area (Å²) in [7, 11) is 0. The van der Waals surface area contributed by atoms with Crippen LogP contribution in [0.4, 0.5) is 0 Å². The number of carbonyl (C=O) groups excluding carboxylic acids is 1. The molecule has 2 heteroatoms. The van der Waals surface area contributed by atoms with Crippen molar-refractivity contribution >= 4 is 5.97 Å². The molecule has 0 unspecified atom stereocenters. The molecule has 1 aromatic rings. The smallest absolute Gasteiger partial charge is 0.426 e. The first-order chi connectivity index (χ1) is 7.86. The zero-order chi connectivity index (χ0) is 11.2. The molecule has 1 aliphatic carbocycles. The van der Waals surface area contributed by atoms with Crippen molar-refractivity contribution in [3.05, 3.63) is 30.3 Å². The minimum Gasteiger partial charge on any atom is -0.426 e. The van der Waals surface area contributed by atoms with Crippen LogP contribution in [0.15, 0.2) is 30.3 Å². The first kappa shape index (κ1) is 11.2. The number of esters is 1. The fourth-order valence-electron chi connectivity index (χ4n) is 2.20. The van der Waals surface area contributed by atoms with Gasteiger partial charge < -0.3 is 4.74 Å². The first-order valence-corrected chi connectivity index (χ1v) is 6.13. The summed E-state index contributed by atoms with van der Waals surface area (Å²) in [4.78, 5) is 11.9. The molecule has 86 valence electrons. The summed E-state index contributed by atoms with van der Waals surface area (Å²) in [5.74, 6) is 0.729. The second-order valence-electron chi connectivity index (χ2n) is 4.42. The van der Waals surface area contributed by atoms with Gasteiger partial charge in [-0.25, -0.2) is 0 Å². The number of benzene rings is 1. The molecular weight excluding hydrogens is 200 g/mol. The van der Waals surface area contributed by atoms with Crippen LogP contribution in [-0.2, 0) is 4.79 Å². The van der Waals surface area contributed by atoms with Gasteiger partial charge in [-0.3, -0.25) is 4.79 Å². The molecule has 0 spiro atoms. The van der Waals surface area contributed by atoms with Crippen LogP contribution in [0.1, 0.15) is 40.0 Å². The largest absolute Gasteiger partial charge is 1.00 e. The van der Waals surface area contributed by atoms with Gasteiger partial charge in [0, 0.05) is 0 Å². The molecule has 0 saturated heterocycles. The van der Waals surface area contributed by atoms with Crippen molar-refractivity contribution in [2.75, 3.05) is 0 Å². The molecule has 16 heavy (non-hydrogen) atoms. The maximum Gasteiger partial charge on any atom is 1.00 e. The Labute approximate surface area is 98.1 Å². The lowest BCUT2D eigenvalue weighted by molar-refractivity contribution is -0.139. The van der Waals surface area contributed by atoms with Gasteiger partial charge in [-0.15, -0.1) is 0 Å². The van der Waals surface area contributed by atoms with E-state index in [4.69, 9.17) is 4.74 Å². The number of ether oxygens (including phenoxy) is 1. The lowest BCUT2D eigenvalue weighted by Crippen LogP contribution is -2.19. The van der Waals surface area contributed by atoms with Gasteiger partial charge in [0.05, 0.1) is 5.92 Å². The molecular formula is C14H19O2+. The Kier molecular flexibility index (Phi) is 3.97. The lowest BCUT2D eigenvalue weighted by atomic mass is 10.0. The topological polar surface area (TPSA) is 26.3 Å². The predicted octanol–water partition coefficient (Wildman–Crippen LogP) is 3.67. The molecule has 0 radical (unpaired) electrons. The van der Waals surface area contributed by atoms with Crippen molar-refractivity contribution < 1.29 is 11.0 Å². The van der Waals surface area contributed by atoms with E-state index in [0.717, 1.165) is 25.7 Å². The van der Waals surface area contributed by atoms with Crippen molar-refractivity contribution in [1.29, 1.82) is 0 Å². The number of para-hydroxylation sites is 1. The van der Waals surface area contributed by atoms with E-state index in [1.54, 1.807) is 0 Å². The molecule has 0 bridgehead atoms. The minimum absolute atomic E-state index is 0. The van der Waals surface area contributed by atoms with Crippen molar-refractivity contribution in [3.8, 4) is 5.75 Å². The van der Waals surface area contributed by atoms with E-state index < -0.39 is 0 Å². The third kappa shape index (κ3) is 3.09. The molecule has 1 saturated carbocycles. The maximum atomic E-state index is 11.9. The van der Waals surface area contributed by atoms with E-state index in [9.17, 15) is 4.79 Å². The summed E-state index contributed by atoms with van der Waals surface area (Å²) in [5.41, 5.74) is 0. The minimum atomic E-state index is -0.0481. The monoisotopic (exact) mass is 219 g/mol. The number of rotatable bonds is 2. The molecule has 0 atom stereocenters. The van der Waals surface area contributed by atoms with Gasteiger partial charge in [-0.1, -0.05) is 43.9 Å². The quantitative estimate of drug-likeness (QED) is 0.431. The summed E-state index contributed by atoms with van der Waals surface area (Å²) in [6, 6.07) is 9.34. The van der Waals surface area contributed by atoms with Crippen molar-refractivity contribution in [2.24, 2.45) is 5.92 Å². The highest BCUT2D eigenvalue weighted by Crippen LogP contribution is 2.24. The second-order valence-corrected chi connectivity index (χ2v) is 4.42. The van der Waals surface area contributed by atoms with E-state index in [2.05, 4.69) is 0 Å². The van der Waals surface area contributed by atoms with Crippen LogP contribution >= 0.6 is 0 Å². The van der Waals surface area contributed by atoms with E-state index in [1.807, 2.05) is 30.3 Å². The first-order valence-electron chi connectivity index (χ1n) is 6.13. The Morgan fingerprint density at radius 1 is 1.06 bits per heavy atom. The summed E-state index contributed by atoms with van der Waals surface area (Å²) in [6.45, 7) is 0. The zero-order valence-electron chi connectivity index (χ0n) is 10.5. The zero-order valence-corrected chi connectivity index (χ0v) is 9.52. The Hall–Kier alpha value is -1.31. The predicted molar refractivity (Wildman–Crippen MR) is 64.4 cm³/mol. The molecule has 1 aromatic carbocycles. The molecule has 2 nitrogen and oxygen atoms in total. The summed E-state index contributed by atoms with van der Waals surface area (Å²) in [6.07, 6.45) is 6.82. The van der Waals surface area contributed by atoms with E-state index in [1.165, 1.54) is 12.8 Å². The normalized spacial score (nSPS) is 17.8. The Bertz CT molecular complexity index is 329. The molecule has 1 fully saturated rings. The fourth-order valence-corrected chi connectivity index (χ4v) is 2.20. The molecule has 0 amide bonds. The van der Waals surface area contributed by atoms with Gasteiger partial charge in [-0.05, 0) is 25.0 Å². The van der Waals surface area contributed by atoms with Gasteiger partial charge in [0.15, 0.2) is 0 Å². The van der Waals surface area contributed by atoms with Crippen LogP contribution < -0.4 is 4.74 Å². The van der Waals surface area contributed by atoms with Crippen LogP contribution in [0.25, 0.3) is 0 Å². The average molecular weight is 219 g/mol. The van der Waals surface area contributed by atoms with Gasteiger partial charge in [0.2, 0.25) is 0 Å². The maximum absolute atomic E-state index is 11.9. The second kappa shape index (κ2) is 5.69. The number of hydrogen-bond donors (Lipinski definition) is 0. The van der Waals surface area contributed by atoms with Crippen LogP contribution in [0.5, 0.6) is 5.75 Å². The molecule has 0 aromatic heterocycles. The Morgan fingerprint density at radius 2 is 1.69 bits per heavy atom. The fraction of sp³-hybridized carbons (Fsp3) is 0.500.